The second-order valence-corrected chi connectivity index (χ2v) is 7.69. The molecular weight excluding hydrogens is 412 g/mol. The molecule has 31 heavy (non-hydrogen) atoms. The summed E-state index contributed by atoms with van der Waals surface area (Å²) in [5, 5.41) is 3.30. The van der Waals surface area contributed by atoms with Crippen LogP contribution in [0.4, 0.5) is 4.79 Å². The third kappa shape index (κ3) is 4.78. The van der Waals surface area contributed by atoms with Gasteiger partial charge in [-0.2, -0.15) is 0 Å². The van der Waals surface area contributed by atoms with Crippen LogP contribution in [0.3, 0.4) is 0 Å². The standard InChI is InChI=1S/C25H21ClN2O3/c1-17-7-6-8-18(13-17)15-28-24(29)22(27-25(28)30)14-19-9-3-5-12-23(19)31-16-20-10-2-4-11-21(20)26/h2-14H,15-16H2,1H3,(H,27,30)/b22-14+. The molecule has 0 spiro atoms. The number of carbonyl (C=O) groups excluding carboxylic acids is 2. The number of imide groups is 1. The fraction of sp³-hybridized carbons (Fsp3) is 0.120. The zero-order chi connectivity index (χ0) is 21.8. The number of nitrogens with zero attached hydrogens (tertiary/aromatic N) is 1. The number of hydrogen-bond acceptors (Lipinski definition) is 3. The maximum absolute atomic E-state index is 12.9. The van der Waals surface area contributed by atoms with E-state index in [0.29, 0.717) is 22.9 Å². The number of urea groups is 1. The minimum absolute atomic E-state index is 0.214. The molecule has 1 aliphatic heterocycles. The quantitative estimate of drug-likeness (QED) is 0.423. The van der Waals surface area contributed by atoms with Crippen molar-refractivity contribution in [1.29, 1.82) is 0 Å². The van der Waals surface area contributed by atoms with Gasteiger partial charge in [0.2, 0.25) is 0 Å². The Labute approximate surface area is 185 Å². The van der Waals surface area contributed by atoms with Crippen LogP contribution in [-0.4, -0.2) is 16.8 Å². The zero-order valence-electron chi connectivity index (χ0n) is 17.0. The summed E-state index contributed by atoms with van der Waals surface area (Å²) >= 11 is 6.21. The molecule has 5 nitrogen and oxygen atoms in total. The molecule has 0 radical (unpaired) electrons. The summed E-state index contributed by atoms with van der Waals surface area (Å²) in [5.74, 6) is 0.224. The average Bonchev–Trinajstić information content (AvgIpc) is 3.01. The lowest BCUT2D eigenvalue weighted by atomic mass is 10.1. The van der Waals surface area contributed by atoms with Crippen LogP contribution >= 0.6 is 11.6 Å². The van der Waals surface area contributed by atoms with Crippen molar-refractivity contribution in [1.82, 2.24) is 10.2 Å². The van der Waals surface area contributed by atoms with Crippen LogP contribution in [0, 0.1) is 6.92 Å². The highest BCUT2D eigenvalue weighted by atomic mass is 35.5. The lowest BCUT2D eigenvalue weighted by Gasteiger charge is -2.12. The molecule has 4 rings (SSSR count). The van der Waals surface area contributed by atoms with E-state index in [4.69, 9.17) is 16.3 Å². The first-order valence-electron chi connectivity index (χ1n) is 9.86. The van der Waals surface area contributed by atoms with E-state index in [9.17, 15) is 9.59 Å². The predicted octanol–water partition coefficient (Wildman–Crippen LogP) is 5.32. The molecule has 1 heterocycles. The Morgan fingerprint density at radius 2 is 1.77 bits per heavy atom. The summed E-state index contributed by atoms with van der Waals surface area (Å²) < 4.78 is 5.95. The Kier molecular flexibility index (Phi) is 6.05. The maximum Gasteiger partial charge on any atom is 0.329 e. The number of aryl methyl sites for hydroxylation is 1. The first-order chi connectivity index (χ1) is 15.0. The minimum atomic E-state index is -0.438. The summed E-state index contributed by atoms with van der Waals surface area (Å²) in [6, 6.07) is 22.1. The second-order valence-electron chi connectivity index (χ2n) is 7.29. The van der Waals surface area contributed by atoms with Crippen molar-refractivity contribution in [3.8, 4) is 5.75 Å². The molecule has 0 bridgehead atoms. The van der Waals surface area contributed by atoms with Crippen molar-refractivity contribution in [3.63, 3.8) is 0 Å². The van der Waals surface area contributed by atoms with Crippen molar-refractivity contribution in [3.05, 3.63) is 106 Å². The lowest BCUT2D eigenvalue weighted by Crippen LogP contribution is -2.30. The van der Waals surface area contributed by atoms with Gasteiger partial charge in [0.25, 0.3) is 5.91 Å². The van der Waals surface area contributed by atoms with Crippen molar-refractivity contribution >= 4 is 29.6 Å². The normalized spacial score (nSPS) is 14.8. The molecule has 0 aromatic heterocycles. The van der Waals surface area contributed by atoms with Crippen LogP contribution in [0.25, 0.3) is 6.08 Å². The number of amides is 3. The van der Waals surface area contributed by atoms with Gasteiger partial charge in [-0.3, -0.25) is 9.69 Å². The van der Waals surface area contributed by atoms with E-state index in [1.54, 1.807) is 6.08 Å². The Bertz CT molecular complexity index is 1170. The summed E-state index contributed by atoms with van der Waals surface area (Å²) in [6.45, 7) is 2.48. The molecule has 0 aliphatic carbocycles. The highest BCUT2D eigenvalue weighted by Crippen LogP contribution is 2.25. The fourth-order valence-corrected chi connectivity index (χ4v) is 3.56. The van der Waals surface area contributed by atoms with E-state index >= 15 is 0 Å². The lowest BCUT2D eigenvalue weighted by molar-refractivity contribution is -0.123. The van der Waals surface area contributed by atoms with E-state index in [2.05, 4.69) is 5.32 Å². The van der Waals surface area contributed by atoms with E-state index in [1.807, 2.05) is 79.7 Å². The number of benzene rings is 3. The van der Waals surface area contributed by atoms with Gasteiger partial charge < -0.3 is 10.1 Å². The van der Waals surface area contributed by atoms with Gasteiger partial charge in [-0.1, -0.05) is 77.8 Å². The van der Waals surface area contributed by atoms with E-state index in [0.717, 1.165) is 16.7 Å². The predicted molar refractivity (Wildman–Crippen MR) is 120 cm³/mol. The highest BCUT2D eigenvalue weighted by molar-refractivity contribution is 6.31. The molecular formula is C25H21ClN2O3. The van der Waals surface area contributed by atoms with E-state index in [-0.39, 0.29) is 18.1 Å². The van der Waals surface area contributed by atoms with Crippen LogP contribution in [0.2, 0.25) is 5.02 Å². The molecule has 0 unspecified atom stereocenters. The zero-order valence-corrected chi connectivity index (χ0v) is 17.7. The molecule has 0 saturated carbocycles. The highest BCUT2D eigenvalue weighted by Gasteiger charge is 2.33. The molecule has 1 N–H and O–H groups in total. The molecule has 1 fully saturated rings. The van der Waals surface area contributed by atoms with E-state index < -0.39 is 6.03 Å². The number of rotatable bonds is 6. The van der Waals surface area contributed by atoms with Crippen molar-refractivity contribution in [2.24, 2.45) is 0 Å². The molecule has 6 heteroatoms. The third-order valence-corrected chi connectivity index (χ3v) is 5.31. The Morgan fingerprint density at radius 1 is 1.00 bits per heavy atom. The fourth-order valence-electron chi connectivity index (χ4n) is 3.37. The molecule has 3 amide bonds. The van der Waals surface area contributed by atoms with Gasteiger partial charge >= 0.3 is 6.03 Å². The van der Waals surface area contributed by atoms with Gasteiger partial charge in [-0.05, 0) is 30.7 Å². The van der Waals surface area contributed by atoms with Crippen molar-refractivity contribution in [2.75, 3.05) is 0 Å². The van der Waals surface area contributed by atoms with Gasteiger partial charge in [-0.15, -0.1) is 0 Å². The molecule has 1 saturated heterocycles. The maximum atomic E-state index is 12.9. The number of hydrogen-bond donors (Lipinski definition) is 1. The SMILES string of the molecule is Cc1cccc(CN2C(=O)N/C(=C/c3ccccc3OCc3ccccc3Cl)C2=O)c1. The number of para-hydroxylation sites is 1. The van der Waals surface area contributed by atoms with Crippen LogP contribution < -0.4 is 10.1 Å². The number of nitrogens with one attached hydrogen (secondary N) is 1. The van der Waals surface area contributed by atoms with Gasteiger partial charge in [0.1, 0.15) is 18.1 Å². The molecule has 0 atom stereocenters. The van der Waals surface area contributed by atoms with E-state index in [1.165, 1.54) is 4.90 Å². The first-order valence-corrected chi connectivity index (χ1v) is 10.2. The first kappa shape index (κ1) is 20.7. The Hall–Kier alpha value is -3.57. The number of carbonyl (C=O) groups is 2. The average molecular weight is 433 g/mol. The van der Waals surface area contributed by atoms with Crippen LogP contribution in [0.5, 0.6) is 5.75 Å². The van der Waals surface area contributed by atoms with Gasteiger partial charge in [0, 0.05) is 16.1 Å². The molecule has 1 aliphatic rings. The van der Waals surface area contributed by atoms with Crippen LogP contribution in [0.1, 0.15) is 22.3 Å². The minimum Gasteiger partial charge on any atom is -0.488 e. The monoisotopic (exact) mass is 432 g/mol. The summed E-state index contributed by atoms with van der Waals surface area (Å²) in [7, 11) is 0. The largest absolute Gasteiger partial charge is 0.488 e. The Balaban J connectivity index is 1.53. The molecule has 156 valence electrons. The van der Waals surface area contributed by atoms with Gasteiger partial charge in [0.15, 0.2) is 0 Å². The van der Waals surface area contributed by atoms with Crippen molar-refractivity contribution in [2.45, 2.75) is 20.1 Å². The smallest absolute Gasteiger partial charge is 0.329 e. The Morgan fingerprint density at radius 3 is 2.58 bits per heavy atom. The second kappa shape index (κ2) is 9.06. The number of ether oxygens (including phenoxy) is 1. The van der Waals surface area contributed by atoms with Gasteiger partial charge in [0.05, 0.1) is 6.54 Å². The summed E-state index contributed by atoms with van der Waals surface area (Å²) in [5.41, 5.74) is 3.74. The summed E-state index contributed by atoms with van der Waals surface area (Å²) in [6.07, 6.45) is 1.64. The van der Waals surface area contributed by atoms with Gasteiger partial charge in [-0.25, -0.2) is 4.79 Å². The van der Waals surface area contributed by atoms with Crippen molar-refractivity contribution < 1.29 is 14.3 Å². The molecule has 3 aromatic carbocycles. The number of halogens is 1. The van der Waals surface area contributed by atoms with Crippen LogP contribution in [0.15, 0.2) is 78.5 Å². The summed E-state index contributed by atoms with van der Waals surface area (Å²) in [4.78, 5) is 26.5. The van der Waals surface area contributed by atoms with Crippen LogP contribution in [-0.2, 0) is 17.9 Å². The topological polar surface area (TPSA) is 58.6 Å². The molecule has 3 aromatic rings. The third-order valence-electron chi connectivity index (χ3n) is 4.95.